The predicted molar refractivity (Wildman–Crippen MR) is 94.6 cm³/mol. The van der Waals surface area contributed by atoms with Crippen LogP contribution in [0.3, 0.4) is 0 Å². The van der Waals surface area contributed by atoms with Crippen molar-refractivity contribution in [1.82, 2.24) is 0 Å². The van der Waals surface area contributed by atoms with Crippen LogP contribution in [0.5, 0.6) is 0 Å². The fourth-order valence-corrected chi connectivity index (χ4v) is 6.26. The van der Waals surface area contributed by atoms with Gasteiger partial charge < -0.3 is 4.43 Å². The number of hydrogen-bond acceptors (Lipinski definition) is 1. The van der Waals surface area contributed by atoms with E-state index in [4.69, 9.17) is 16.0 Å². The summed E-state index contributed by atoms with van der Waals surface area (Å²) in [7, 11) is -1.97. The highest BCUT2D eigenvalue weighted by Gasteiger charge is 2.41. The first-order chi connectivity index (χ1) is 10.1. The van der Waals surface area contributed by atoms with E-state index < -0.39 is 8.32 Å². The quantitative estimate of drug-likeness (QED) is 0.309. The Balaban J connectivity index is 2.23. The SMILES string of the molecule is C=C[C@H](C)[C@H]1O[Si](C)(c2ccccc2)C=C1CCCCCl. The lowest BCUT2D eigenvalue weighted by molar-refractivity contribution is 0.205. The second kappa shape index (κ2) is 7.44. The van der Waals surface area contributed by atoms with Gasteiger partial charge in [-0.1, -0.05) is 49.0 Å². The molecule has 0 aliphatic carbocycles. The zero-order valence-corrected chi connectivity index (χ0v) is 14.8. The second-order valence-corrected chi connectivity index (χ2v) is 9.67. The van der Waals surface area contributed by atoms with Crippen molar-refractivity contribution in [2.24, 2.45) is 5.92 Å². The molecule has 1 aromatic rings. The maximum atomic E-state index is 6.57. The molecule has 21 heavy (non-hydrogen) atoms. The summed E-state index contributed by atoms with van der Waals surface area (Å²) in [6.07, 6.45) is 5.49. The molecule has 0 N–H and O–H groups in total. The Hall–Kier alpha value is -0.833. The van der Waals surface area contributed by atoms with Crippen molar-refractivity contribution in [2.45, 2.75) is 38.8 Å². The van der Waals surface area contributed by atoms with Crippen LogP contribution in [0.4, 0.5) is 0 Å². The number of alkyl halides is 1. The molecule has 2 rings (SSSR count). The lowest BCUT2D eigenvalue weighted by Crippen LogP contribution is -2.45. The number of unbranched alkanes of at least 4 members (excludes halogenated alkanes) is 1. The molecule has 1 aliphatic heterocycles. The van der Waals surface area contributed by atoms with Gasteiger partial charge in [0.25, 0.3) is 0 Å². The largest absolute Gasteiger partial charge is 0.402 e. The van der Waals surface area contributed by atoms with Gasteiger partial charge in [-0.25, -0.2) is 0 Å². The molecular weight excluding hydrogens is 296 g/mol. The van der Waals surface area contributed by atoms with Gasteiger partial charge in [0.05, 0.1) is 6.10 Å². The van der Waals surface area contributed by atoms with Crippen LogP contribution in [0.15, 0.2) is 54.3 Å². The molecule has 0 saturated heterocycles. The fourth-order valence-electron chi connectivity index (χ4n) is 2.94. The minimum atomic E-state index is -1.97. The van der Waals surface area contributed by atoms with Crippen LogP contribution in [-0.4, -0.2) is 20.3 Å². The number of rotatable bonds is 7. The molecule has 1 nitrogen and oxygen atoms in total. The van der Waals surface area contributed by atoms with Crippen molar-refractivity contribution in [1.29, 1.82) is 0 Å². The summed E-state index contributed by atoms with van der Waals surface area (Å²) in [5, 5.41) is 1.35. The van der Waals surface area contributed by atoms with Crippen LogP contribution in [0.2, 0.25) is 6.55 Å². The van der Waals surface area contributed by atoms with E-state index >= 15 is 0 Å². The highest BCUT2D eigenvalue weighted by molar-refractivity contribution is 6.90. The lowest BCUT2D eigenvalue weighted by Gasteiger charge is -2.26. The Labute approximate surface area is 134 Å². The molecule has 1 aromatic carbocycles. The van der Waals surface area contributed by atoms with Gasteiger partial charge >= 0.3 is 0 Å². The molecule has 114 valence electrons. The van der Waals surface area contributed by atoms with Gasteiger partial charge in [-0.15, -0.1) is 18.2 Å². The first-order valence-electron chi connectivity index (χ1n) is 7.74. The molecule has 3 heteroatoms. The molecule has 0 saturated carbocycles. The highest BCUT2D eigenvalue weighted by atomic mass is 35.5. The van der Waals surface area contributed by atoms with Crippen LogP contribution < -0.4 is 5.19 Å². The van der Waals surface area contributed by atoms with E-state index in [0.29, 0.717) is 5.92 Å². The minimum absolute atomic E-state index is 0.190. The summed E-state index contributed by atoms with van der Waals surface area (Å²) in [5.74, 6) is 1.09. The molecule has 1 aliphatic rings. The smallest absolute Gasteiger partial charge is 0.246 e. The van der Waals surface area contributed by atoms with Crippen LogP contribution in [0.1, 0.15) is 26.2 Å². The molecule has 0 amide bonds. The van der Waals surface area contributed by atoms with Gasteiger partial charge in [-0.05, 0) is 36.6 Å². The van der Waals surface area contributed by atoms with Gasteiger partial charge in [0.1, 0.15) is 0 Å². The lowest BCUT2D eigenvalue weighted by atomic mass is 9.95. The van der Waals surface area contributed by atoms with E-state index in [0.717, 1.165) is 25.1 Å². The zero-order valence-electron chi connectivity index (χ0n) is 13.0. The van der Waals surface area contributed by atoms with Gasteiger partial charge in [-0.2, -0.15) is 0 Å². The number of hydrogen-bond donors (Lipinski definition) is 0. The van der Waals surface area contributed by atoms with Gasteiger partial charge in [0.15, 0.2) is 0 Å². The topological polar surface area (TPSA) is 9.23 Å². The molecule has 0 fully saturated rings. The average Bonchev–Trinajstić information content (AvgIpc) is 2.86. The Morgan fingerprint density at radius 3 is 2.67 bits per heavy atom. The number of halogens is 1. The van der Waals surface area contributed by atoms with Crippen molar-refractivity contribution in [2.75, 3.05) is 5.88 Å². The molecular formula is C18H25ClOSi. The van der Waals surface area contributed by atoms with Crippen molar-refractivity contribution in [3.8, 4) is 0 Å². The molecule has 1 unspecified atom stereocenters. The maximum Gasteiger partial charge on any atom is 0.246 e. The van der Waals surface area contributed by atoms with E-state index in [1.807, 2.05) is 6.08 Å². The average molecular weight is 321 g/mol. The fraction of sp³-hybridized carbons (Fsp3) is 0.444. The molecule has 1 heterocycles. The first-order valence-corrected chi connectivity index (χ1v) is 10.8. The van der Waals surface area contributed by atoms with E-state index in [2.05, 4.69) is 56.1 Å². The standard InChI is InChI=1S/C18H25ClOSi/c1-4-15(2)18-16(10-8-9-13-19)14-21(3,20-18)17-11-6-5-7-12-17/h4-7,11-12,14-15,18H,1,8-10,13H2,2-3H3/t15-,18+,21?/m0/s1. The summed E-state index contributed by atoms with van der Waals surface area (Å²) in [6.45, 7) is 8.43. The first kappa shape index (κ1) is 16.5. The predicted octanol–water partition coefficient (Wildman–Crippen LogP) is 4.56. The summed E-state index contributed by atoms with van der Waals surface area (Å²) < 4.78 is 6.57. The third-order valence-corrected chi connectivity index (χ3v) is 7.66. The van der Waals surface area contributed by atoms with E-state index in [9.17, 15) is 0 Å². The van der Waals surface area contributed by atoms with E-state index in [-0.39, 0.29) is 6.10 Å². The third-order valence-electron chi connectivity index (χ3n) is 4.24. The van der Waals surface area contributed by atoms with Crippen LogP contribution >= 0.6 is 11.6 Å². The zero-order chi connectivity index (χ0) is 15.3. The second-order valence-electron chi connectivity index (χ2n) is 5.97. The summed E-state index contributed by atoms with van der Waals surface area (Å²) in [4.78, 5) is 0. The highest BCUT2D eigenvalue weighted by Crippen LogP contribution is 2.33. The van der Waals surface area contributed by atoms with E-state index in [1.165, 1.54) is 10.8 Å². The van der Waals surface area contributed by atoms with Crippen LogP contribution in [0.25, 0.3) is 0 Å². The normalized spacial score (nSPS) is 26.4. The Morgan fingerprint density at radius 1 is 1.33 bits per heavy atom. The van der Waals surface area contributed by atoms with Gasteiger partial charge in [0, 0.05) is 11.8 Å². The minimum Gasteiger partial charge on any atom is -0.402 e. The van der Waals surface area contributed by atoms with Crippen molar-refractivity contribution >= 4 is 25.1 Å². The summed E-state index contributed by atoms with van der Waals surface area (Å²) in [6, 6.07) is 10.6. The van der Waals surface area contributed by atoms with Crippen molar-refractivity contribution in [3.63, 3.8) is 0 Å². The van der Waals surface area contributed by atoms with Crippen LogP contribution in [-0.2, 0) is 4.43 Å². The molecule has 0 bridgehead atoms. The van der Waals surface area contributed by atoms with Crippen molar-refractivity contribution < 1.29 is 4.43 Å². The summed E-state index contributed by atoms with van der Waals surface area (Å²) in [5.41, 5.74) is 3.90. The molecule has 0 spiro atoms. The number of benzene rings is 1. The van der Waals surface area contributed by atoms with Gasteiger partial charge in [0.2, 0.25) is 8.32 Å². The van der Waals surface area contributed by atoms with Gasteiger partial charge in [-0.3, -0.25) is 0 Å². The Morgan fingerprint density at radius 2 is 2.05 bits per heavy atom. The summed E-state index contributed by atoms with van der Waals surface area (Å²) >= 11 is 5.81. The maximum absolute atomic E-state index is 6.57. The Bertz CT molecular complexity index is 499. The molecule has 0 radical (unpaired) electrons. The van der Waals surface area contributed by atoms with Crippen molar-refractivity contribution in [3.05, 3.63) is 54.3 Å². The monoisotopic (exact) mass is 320 g/mol. The molecule has 3 atom stereocenters. The molecule has 0 aromatic heterocycles. The van der Waals surface area contributed by atoms with Crippen LogP contribution in [0, 0.1) is 5.92 Å². The Kier molecular flexibility index (Phi) is 5.86. The third kappa shape index (κ3) is 3.88. The van der Waals surface area contributed by atoms with E-state index in [1.54, 1.807) is 0 Å².